The van der Waals surface area contributed by atoms with E-state index in [4.69, 9.17) is 0 Å². The van der Waals surface area contributed by atoms with Gasteiger partial charge in [0.15, 0.2) is 0 Å². The Bertz CT molecular complexity index is 558. The summed E-state index contributed by atoms with van der Waals surface area (Å²) in [6.45, 7) is 2.12. The Morgan fingerprint density at radius 2 is 1.81 bits per heavy atom. The van der Waals surface area contributed by atoms with Crippen molar-refractivity contribution in [3.8, 4) is 0 Å². The van der Waals surface area contributed by atoms with Crippen LogP contribution in [-0.2, 0) is 6.54 Å². The molecular formula is C17H20F2N2. The molecule has 2 rings (SSSR count). The highest BCUT2D eigenvalue weighted by molar-refractivity contribution is 5.44. The van der Waals surface area contributed by atoms with Crippen LogP contribution in [0.25, 0.3) is 0 Å². The van der Waals surface area contributed by atoms with E-state index in [1.165, 1.54) is 17.8 Å². The highest BCUT2D eigenvalue weighted by atomic mass is 19.1. The molecule has 0 aliphatic carbocycles. The van der Waals surface area contributed by atoms with E-state index in [9.17, 15) is 8.78 Å². The van der Waals surface area contributed by atoms with Crippen molar-refractivity contribution in [2.75, 3.05) is 25.0 Å². The molecule has 0 unspecified atom stereocenters. The summed E-state index contributed by atoms with van der Waals surface area (Å²) in [7, 11) is 2.05. The number of nitrogens with zero attached hydrogens (tertiary/aromatic N) is 1. The number of anilines is 1. The van der Waals surface area contributed by atoms with Gasteiger partial charge >= 0.3 is 0 Å². The summed E-state index contributed by atoms with van der Waals surface area (Å²) >= 11 is 0. The summed E-state index contributed by atoms with van der Waals surface area (Å²) in [5.74, 6) is -1.04. The van der Waals surface area contributed by atoms with Gasteiger partial charge in [0, 0.05) is 37.5 Å². The molecule has 1 N–H and O–H groups in total. The van der Waals surface area contributed by atoms with Gasteiger partial charge in [-0.2, -0.15) is 0 Å². The van der Waals surface area contributed by atoms with Crippen molar-refractivity contribution in [1.29, 1.82) is 0 Å². The third-order valence-electron chi connectivity index (χ3n) is 3.37. The minimum Gasteiger partial charge on any atom is -0.375 e. The first-order valence-corrected chi connectivity index (χ1v) is 7.07. The Morgan fingerprint density at radius 3 is 2.52 bits per heavy atom. The second-order valence-corrected chi connectivity index (χ2v) is 5.02. The molecule has 0 fully saturated rings. The molecule has 0 saturated carbocycles. The van der Waals surface area contributed by atoms with E-state index < -0.39 is 11.6 Å². The summed E-state index contributed by atoms with van der Waals surface area (Å²) < 4.78 is 26.2. The molecule has 0 bridgehead atoms. The second-order valence-electron chi connectivity index (χ2n) is 5.02. The van der Waals surface area contributed by atoms with Crippen LogP contribution in [0, 0.1) is 11.6 Å². The molecule has 4 heteroatoms. The van der Waals surface area contributed by atoms with E-state index in [0.29, 0.717) is 12.1 Å². The Kier molecular flexibility index (Phi) is 5.69. The van der Waals surface area contributed by atoms with Gasteiger partial charge in [0.25, 0.3) is 0 Å². The molecule has 0 aliphatic heterocycles. The maximum atomic E-state index is 13.4. The maximum Gasteiger partial charge on any atom is 0.130 e. The number of hydrogen-bond acceptors (Lipinski definition) is 2. The molecular weight excluding hydrogens is 270 g/mol. The van der Waals surface area contributed by atoms with Crippen LogP contribution < -0.4 is 10.2 Å². The van der Waals surface area contributed by atoms with Gasteiger partial charge in [-0.15, -0.1) is 0 Å². The number of nitrogens with one attached hydrogen (secondary N) is 1. The number of rotatable bonds is 7. The van der Waals surface area contributed by atoms with E-state index in [0.717, 1.165) is 25.6 Å². The predicted octanol–water partition coefficient (Wildman–Crippen LogP) is 3.58. The Morgan fingerprint density at radius 1 is 1.05 bits per heavy atom. The highest BCUT2D eigenvalue weighted by Crippen LogP contribution is 2.11. The molecule has 0 aromatic heterocycles. The normalized spacial score (nSPS) is 10.6. The lowest BCUT2D eigenvalue weighted by molar-refractivity contribution is 0.557. The van der Waals surface area contributed by atoms with Crippen LogP contribution in [0.3, 0.4) is 0 Å². The van der Waals surface area contributed by atoms with Crippen LogP contribution in [0.15, 0.2) is 48.5 Å². The van der Waals surface area contributed by atoms with Crippen molar-refractivity contribution in [2.45, 2.75) is 13.0 Å². The van der Waals surface area contributed by atoms with Crippen molar-refractivity contribution in [1.82, 2.24) is 5.32 Å². The smallest absolute Gasteiger partial charge is 0.130 e. The van der Waals surface area contributed by atoms with E-state index in [-0.39, 0.29) is 0 Å². The zero-order valence-electron chi connectivity index (χ0n) is 12.2. The summed E-state index contributed by atoms with van der Waals surface area (Å²) in [4.78, 5) is 2.18. The number of hydrogen-bond donors (Lipinski definition) is 1. The largest absolute Gasteiger partial charge is 0.375 e. The molecule has 0 atom stereocenters. The molecule has 2 aromatic carbocycles. The fourth-order valence-electron chi connectivity index (χ4n) is 2.14. The number of para-hydroxylation sites is 1. The lowest BCUT2D eigenvalue weighted by Gasteiger charge is -2.19. The summed E-state index contributed by atoms with van der Waals surface area (Å²) in [5, 5.41) is 3.18. The third kappa shape index (κ3) is 4.83. The molecule has 0 amide bonds. The van der Waals surface area contributed by atoms with E-state index in [1.807, 2.05) is 18.2 Å². The van der Waals surface area contributed by atoms with Crippen molar-refractivity contribution in [2.24, 2.45) is 0 Å². The quantitative estimate of drug-likeness (QED) is 0.784. The second kappa shape index (κ2) is 7.74. The van der Waals surface area contributed by atoms with Gasteiger partial charge in [0.2, 0.25) is 0 Å². The van der Waals surface area contributed by atoms with E-state index >= 15 is 0 Å². The van der Waals surface area contributed by atoms with Gasteiger partial charge in [-0.1, -0.05) is 24.3 Å². The lowest BCUT2D eigenvalue weighted by Crippen LogP contribution is -2.23. The van der Waals surface area contributed by atoms with Gasteiger partial charge in [0.05, 0.1) is 0 Å². The Labute approximate surface area is 124 Å². The molecule has 0 saturated heterocycles. The number of benzene rings is 2. The fraction of sp³-hybridized carbons (Fsp3) is 0.294. The van der Waals surface area contributed by atoms with Crippen molar-refractivity contribution in [3.63, 3.8) is 0 Å². The monoisotopic (exact) mass is 290 g/mol. The fourth-order valence-corrected chi connectivity index (χ4v) is 2.14. The highest BCUT2D eigenvalue weighted by Gasteiger charge is 2.03. The Hall–Kier alpha value is -1.94. The first kappa shape index (κ1) is 15.4. The van der Waals surface area contributed by atoms with Gasteiger partial charge in [-0.3, -0.25) is 0 Å². The average Bonchev–Trinajstić information content (AvgIpc) is 2.49. The van der Waals surface area contributed by atoms with Crippen molar-refractivity contribution >= 4 is 5.69 Å². The lowest BCUT2D eigenvalue weighted by atomic mass is 10.2. The molecule has 0 heterocycles. The van der Waals surface area contributed by atoms with Crippen molar-refractivity contribution in [3.05, 3.63) is 65.7 Å². The Balaban J connectivity index is 1.68. The SMILES string of the molecule is CN(CCCNCc1ccc(F)cc1F)c1ccccc1. The standard InChI is InChI=1S/C17H20F2N2/c1-21(16-6-3-2-4-7-16)11-5-10-20-13-14-8-9-15(18)12-17(14)19/h2-4,6-9,12,20H,5,10-11,13H2,1H3. The molecule has 112 valence electrons. The minimum absolute atomic E-state index is 0.418. The molecule has 0 aliphatic rings. The molecule has 2 aromatic rings. The summed E-state index contributed by atoms with van der Waals surface area (Å²) in [5.41, 5.74) is 1.68. The summed E-state index contributed by atoms with van der Waals surface area (Å²) in [6.07, 6.45) is 0.953. The van der Waals surface area contributed by atoms with E-state index in [2.05, 4.69) is 29.4 Å². The van der Waals surface area contributed by atoms with Crippen LogP contribution in [0.2, 0.25) is 0 Å². The molecule has 0 spiro atoms. The zero-order chi connectivity index (χ0) is 15.1. The minimum atomic E-state index is -0.541. The molecule has 21 heavy (non-hydrogen) atoms. The van der Waals surface area contributed by atoms with Gasteiger partial charge in [-0.25, -0.2) is 8.78 Å². The number of halogens is 2. The summed E-state index contributed by atoms with van der Waals surface area (Å²) in [6, 6.07) is 13.8. The van der Waals surface area contributed by atoms with Crippen LogP contribution in [0.1, 0.15) is 12.0 Å². The molecule has 2 nitrogen and oxygen atoms in total. The van der Waals surface area contributed by atoms with Crippen molar-refractivity contribution < 1.29 is 8.78 Å². The van der Waals surface area contributed by atoms with Gasteiger partial charge in [-0.05, 0) is 31.2 Å². The van der Waals surface area contributed by atoms with Gasteiger partial charge < -0.3 is 10.2 Å². The van der Waals surface area contributed by atoms with Crippen LogP contribution >= 0.6 is 0 Å². The predicted molar refractivity (Wildman–Crippen MR) is 82.4 cm³/mol. The average molecular weight is 290 g/mol. The van der Waals surface area contributed by atoms with Crippen LogP contribution in [0.5, 0.6) is 0 Å². The first-order chi connectivity index (χ1) is 10.2. The topological polar surface area (TPSA) is 15.3 Å². The van der Waals surface area contributed by atoms with E-state index in [1.54, 1.807) is 0 Å². The maximum absolute atomic E-state index is 13.4. The first-order valence-electron chi connectivity index (χ1n) is 7.07. The third-order valence-corrected chi connectivity index (χ3v) is 3.37. The molecule has 0 radical (unpaired) electrons. The van der Waals surface area contributed by atoms with Crippen LogP contribution in [-0.4, -0.2) is 20.1 Å². The van der Waals surface area contributed by atoms with Crippen LogP contribution in [0.4, 0.5) is 14.5 Å². The van der Waals surface area contributed by atoms with Gasteiger partial charge in [0.1, 0.15) is 11.6 Å². The zero-order valence-corrected chi connectivity index (χ0v) is 12.2.